The Morgan fingerprint density at radius 3 is 2.80 bits per heavy atom. The van der Waals surface area contributed by atoms with Gasteiger partial charge in [-0.3, -0.25) is 19.6 Å². The number of anilines is 1. The average molecular weight is 295 g/mol. The Morgan fingerprint density at radius 1 is 1.50 bits per heavy atom. The van der Waals surface area contributed by atoms with Crippen molar-refractivity contribution in [3.63, 3.8) is 0 Å². The summed E-state index contributed by atoms with van der Waals surface area (Å²) in [4.78, 5) is 22.2. The van der Waals surface area contributed by atoms with Crippen molar-refractivity contribution in [3.05, 3.63) is 51.3 Å². The third kappa shape index (κ3) is 2.94. The SMILES string of the molecule is Cc1c(Cl)cnn1CC(=O)Nc1ccccc1[N+](=O)[O-]. The predicted molar refractivity (Wildman–Crippen MR) is 73.7 cm³/mol. The van der Waals surface area contributed by atoms with Crippen molar-refractivity contribution < 1.29 is 9.72 Å². The lowest BCUT2D eigenvalue weighted by atomic mass is 10.2. The van der Waals surface area contributed by atoms with Gasteiger partial charge >= 0.3 is 0 Å². The number of hydrogen-bond donors (Lipinski definition) is 1. The summed E-state index contributed by atoms with van der Waals surface area (Å²) < 4.78 is 1.42. The highest BCUT2D eigenvalue weighted by atomic mass is 35.5. The van der Waals surface area contributed by atoms with Crippen molar-refractivity contribution in [3.8, 4) is 0 Å². The molecule has 20 heavy (non-hydrogen) atoms. The van der Waals surface area contributed by atoms with Crippen LogP contribution >= 0.6 is 11.6 Å². The Hall–Kier alpha value is -2.41. The van der Waals surface area contributed by atoms with Crippen molar-refractivity contribution in [2.75, 3.05) is 5.32 Å². The molecule has 0 spiro atoms. The quantitative estimate of drug-likeness (QED) is 0.692. The number of nitro benzene ring substituents is 1. The van der Waals surface area contributed by atoms with Gasteiger partial charge < -0.3 is 5.32 Å². The molecule has 2 rings (SSSR count). The van der Waals surface area contributed by atoms with Gasteiger partial charge in [-0.15, -0.1) is 0 Å². The maximum absolute atomic E-state index is 11.9. The summed E-state index contributed by atoms with van der Waals surface area (Å²) in [7, 11) is 0. The molecule has 0 saturated carbocycles. The highest BCUT2D eigenvalue weighted by molar-refractivity contribution is 6.31. The van der Waals surface area contributed by atoms with Gasteiger partial charge in [0.1, 0.15) is 12.2 Å². The molecule has 0 aliphatic carbocycles. The molecule has 0 radical (unpaired) electrons. The zero-order valence-corrected chi connectivity index (χ0v) is 11.3. The van der Waals surface area contributed by atoms with Crippen LogP contribution in [0.15, 0.2) is 30.5 Å². The van der Waals surface area contributed by atoms with Gasteiger partial charge in [0.05, 0.1) is 21.8 Å². The molecule has 2 aromatic rings. The minimum Gasteiger partial charge on any atom is -0.319 e. The molecule has 1 aromatic carbocycles. The number of benzene rings is 1. The van der Waals surface area contributed by atoms with E-state index in [1.165, 1.54) is 29.1 Å². The molecule has 104 valence electrons. The number of hydrogen-bond acceptors (Lipinski definition) is 4. The normalized spacial score (nSPS) is 10.3. The van der Waals surface area contributed by atoms with Crippen LogP contribution in [0.2, 0.25) is 5.02 Å². The lowest BCUT2D eigenvalue weighted by Gasteiger charge is -2.07. The van der Waals surface area contributed by atoms with Crippen molar-refractivity contribution in [2.24, 2.45) is 0 Å². The zero-order valence-electron chi connectivity index (χ0n) is 10.5. The Bertz CT molecular complexity index is 668. The van der Waals surface area contributed by atoms with Crippen LogP contribution in [-0.2, 0) is 11.3 Å². The standard InChI is InChI=1S/C12H11ClN4O3/c1-8-9(13)6-14-16(8)7-12(18)15-10-4-2-3-5-11(10)17(19)20/h2-6H,7H2,1H3,(H,15,18). The van der Waals surface area contributed by atoms with E-state index in [1.54, 1.807) is 13.0 Å². The molecule has 1 heterocycles. The molecular weight excluding hydrogens is 284 g/mol. The summed E-state index contributed by atoms with van der Waals surface area (Å²) >= 11 is 5.84. The Morgan fingerprint density at radius 2 is 2.20 bits per heavy atom. The van der Waals surface area contributed by atoms with E-state index in [1.807, 2.05) is 0 Å². The summed E-state index contributed by atoms with van der Waals surface area (Å²) in [5, 5.41) is 17.7. The fourth-order valence-corrected chi connectivity index (χ4v) is 1.79. The van der Waals surface area contributed by atoms with E-state index in [-0.39, 0.29) is 17.9 Å². The van der Waals surface area contributed by atoms with Crippen LogP contribution in [0.25, 0.3) is 0 Å². The number of aromatic nitrogens is 2. The maximum atomic E-state index is 11.9. The number of rotatable bonds is 4. The third-order valence-corrected chi connectivity index (χ3v) is 3.08. The first kappa shape index (κ1) is 14.0. The molecule has 1 aromatic heterocycles. The maximum Gasteiger partial charge on any atom is 0.292 e. The number of nitrogens with one attached hydrogen (secondary N) is 1. The summed E-state index contributed by atoms with van der Waals surface area (Å²) in [6.45, 7) is 1.66. The van der Waals surface area contributed by atoms with Crippen LogP contribution in [-0.4, -0.2) is 20.6 Å². The van der Waals surface area contributed by atoms with Gasteiger partial charge in [0, 0.05) is 6.07 Å². The smallest absolute Gasteiger partial charge is 0.292 e. The van der Waals surface area contributed by atoms with Crippen LogP contribution in [0.1, 0.15) is 5.69 Å². The molecule has 1 N–H and O–H groups in total. The van der Waals surface area contributed by atoms with E-state index in [2.05, 4.69) is 10.4 Å². The average Bonchev–Trinajstić information content (AvgIpc) is 2.71. The molecule has 0 aliphatic rings. The van der Waals surface area contributed by atoms with Crippen LogP contribution in [0, 0.1) is 17.0 Å². The molecule has 1 amide bonds. The second kappa shape index (κ2) is 5.70. The van der Waals surface area contributed by atoms with Crippen LogP contribution < -0.4 is 5.32 Å². The molecule has 0 atom stereocenters. The number of carbonyl (C=O) groups excluding carboxylic acids is 1. The van der Waals surface area contributed by atoms with Crippen molar-refractivity contribution in [1.82, 2.24) is 9.78 Å². The summed E-state index contributed by atoms with van der Waals surface area (Å²) in [5.74, 6) is -0.415. The first-order chi connectivity index (χ1) is 9.49. The highest BCUT2D eigenvalue weighted by Crippen LogP contribution is 2.23. The van der Waals surface area contributed by atoms with Crippen LogP contribution in [0.5, 0.6) is 0 Å². The number of nitrogens with zero attached hydrogens (tertiary/aromatic N) is 3. The van der Waals surface area contributed by atoms with Crippen molar-refractivity contribution in [2.45, 2.75) is 13.5 Å². The van der Waals surface area contributed by atoms with E-state index in [0.717, 1.165) is 0 Å². The molecular formula is C12H11ClN4O3. The first-order valence-electron chi connectivity index (χ1n) is 5.70. The Labute approximate surface area is 119 Å². The molecule has 0 bridgehead atoms. The number of carbonyl (C=O) groups is 1. The summed E-state index contributed by atoms with van der Waals surface area (Å²) in [6.07, 6.45) is 1.44. The zero-order chi connectivity index (χ0) is 14.7. The fourth-order valence-electron chi connectivity index (χ4n) is 1.65. The number of amides is 1. The number of para-hydroxylation sites is 2. The van der Waals surface area contributed by atoms with E-state index in [0.29, 0.717) is 10.7 Å². The highest BCUT2D eigenvalue weighted by Gasteiger charge is 2.15. The summed E-state index contributed by atoms with van der Waals surface area (Å²) in [5.41, 5.74) is 0.652. The van der Waals surface area contributed by atoms with Gasteiger partial charge in [-0.05, 0) is 13.0 Å². The lowest BCUT2D eigenvalue weighted by Crippen LogP contribution is -2.20. The van der Waals surface area contributed by atoms with Gasteiger partial charge in [0.2, 0.25) is 5.91 Å². The lowest BCUT2D eigenvalue weighted by molar-refractivity contribution is -0.383. The second-order valence-corrected chi connectivity index (χ2v) is 4.47. The molecule has 0 aliphatic heterocycles. The number of halogens is 1. The molecule has 0 unspecified atom stereocenters. The van der Waals surface area contributed by atoms with Gasteiger partial charge in [0.15, 0.2) is 0 Å². The second-order valence-electron chi connectivity index (χ2n) is 4.06. The molecule has 0 fully saturated rings. The number of nitro groups is 1. The minimum absolute atomic E-state index is 0.0649. The van der Waals surface area contributed by atoms with Gasteiger partial charge in [-0.1, -0.05) is 23.7 Å². The molecule has 8 heteroatoms. The first-order valence-corrected chi connectivity index (χ1v) is 6.08. The minimum atomic E-state index is -0.550. The van der Waals surface area contributed by atoms with E-state index in [4.69, 9.17) is 11.6 Å². The van der Waals surface area contributed by atoms with Gasteiger partial charge in [-0.2, -0.15) is 5.10 Å². The van der Waals surface area contributed by atoms with Crippen LogP contribution in [0.3, 0.4) is 0 Å². The van der Waals surface area contributed by atoms with Gasteiger partial charge in [0.25, 0.3) is 5.69 Å². The molecule has 7 nitrogen and oxygen atoms in total. The van der Waals surface area contributed by atoms with E-state index in [9.17, 15) is 14.9 Å². The Balaban J connectivity index is 2.13. The summed E-state index contributed by atoms with van der Waals surface area (Å²) in [6, 6.07) is 5.94. The third-order valence-electron chi connectivity index (χ3n) is 2.71. The van der Waals surface area contributed by atoms with Crippen molar-refractivity contribution in [1.29, 1.82) is 0 Å². The molecule has 0 saturated heterocycles. The monoisotopic (exact) mass is 294 g/mol. The topological polar surface area (TPSA) is 90.1 Å². The van der Waals surface area contributed by atoms with Crippen LogP contribution in [0.4, 0.5) is 11.4 Å². The van der Waals surface area contributed by atoms with Crippen molar-refractivity contribution >= 4 is 28.9 Å². The van der Waals surface area contributed by atoms with E-state index < -0.39 is 10.8 Å². The van der Waals surface area contributed by atoms with E-state index >= 15 is 0 Å². The fraction of sp³-hybridized carbons (Fsp3) is 0.167. The largest absolute Gasteiger partial charge is 0.319 e. The Kier molecular flexibility index (Phi) is 3.99. The predicted octanol–water partition coefficient (Wildman–Crippen LogP) is 2.39. The van der Waals surface area contributed by atoms with Gasteiger partial charge in [-0.25, -0.2) is 0 Å².